The van der Waals surface area contributed by atoms with E-state index >= 15 is 0 Å². The summed E-state index contributed by atoms with van der Waals surface area (Å²) in [7, 11) is 0. The molecule has 0 saturated heterocycles. The number of carbonyl (C=O) groups is 2. The second-order valence-corrected chi connectivity index (χ2v) is 6.75. The summed E-state index contributed by atoms with van der Waals surface area (Å²) in [6.07, 6.45) is 2.78. The van der Waals surface area contributed by atoms with Crippen LogP contribution in [0.3, 0.4) is 0 Å². The molecule has 0 bridgehead atoms. The van der Waals surface area contributed by atoms with Crippen molar-refractivity contribution in [2.24, 2.45) is 11.8 Å². The van der Waals surface area contributed by atoms with Gasteiger partial charge in [-0.15, -0.1) is 0 Å². The number of rotatable bonds is 5. The Bertz CT molecular complexity index is 768. The van der Waals surface area contributed by atoms with Crippen molar-refractivity contribution in [2.75, 3.05) is 5.32 Å². The van der Waals surface area contributed by atoms with Crippen LogP contribution < -0.4 is 15.2 Å². The molecule has 136 valence electrons. The van der Waals surface area contributed by atoms with Gasteiger partial charge >= 0.3 is 0 Å². The van der Waals surface area contributed by atoms with Crippen molar-refractivity contribution in [3.05, 3.63) is 54.1 Å². The lowest BCUT2D eigenvalue weighted by atomic mass is 9.78. The molecule has 2 aromatic rings. The van der Waals surface area contributed by atoms with Gasteiger partial charge in [-0.2, -0.15) is 0 Å². The summed E-state index contributed by atoms with van der Waals surface area (Å²) in [6.45, 7) is 2.01. The molecule has 5 heteroatoms. The number of aliphatic carboxylic acids is 1. The number of amides is 1. The molecule has 1 fully saturated rings. The van der Waals surface area contributed by atoms with Gasteiger partial charge in [0.1, 0.15) is 11.5 Å². The summed E-state index contributed by atoms with van der Waals surface area (Å²) in [4.78, 5) is 23.7. The Kier molecular flexibility index (Phi) is 5.56. The number of ether oxygens (including phenoxy) is 1. The van der Waals surface area contributed by atoms with Crippen molar-refractivity contribution < 1.29 is 19.4 Å². The Balaban J connectivity index is 1.62. The van der Waals surface area contributed by atoms with E-state index in [1.54, 1.807) is 24.3 Å². The number of nitrogens with one attached hydrogen (secondary N) is 1. The molecule has 0 spiro atoms. The van der Waals surface area contributed by atoms with Crippen LogP contribution in [0.5, 0.6) is 11.5 Å². The molecule has 1 saturated carbocycles. The summed E-state index contributed by atoms with van der Waals surface area (Å²) < 4.78 is 5.76. The standard InChI is InChI=1S/C21H23NO4/c1-14-6-10-16(11-7-14)26-17-12-8-15(9-13-17)22-20(23)18-4-2-3-5-19(18)21(24)25/h6-13,18-19H,2-5H2,1H3,(H,22,23)(H,24,25)/p-1/t18-,19+/m0/s1. The average Bonchev–Trinajstić information content (AvgIpc) is 2.65. The van der Waals surface area contributed by atoms with Gasteiger partial charge in [-0.05, 0) is 56.2 Å². The second-order valence-electron chi connectivity index (χ2n) is 6.75. The summed E-state index contributed by atoms with van der Waals surface area (Å²) in [6, 6.07) is 14.8. The van der Waals surface area contributed by atoms with Gasteiger partial charge in [0.2, 0.25) is 5.91 Å². The van der Waals surface area contributed by atoms with E-state index in [2.05, 4.69) is 5.32 Å². The molecule has 0 heterocycles. The Morgan fingerprint density at radius 3 is 2.04 bits per heavy atom. The van der Waals surface area contributed by atoms with Gasteiger partial charge in [0, 0.05) is 23.5 Å². The van der Waals surface area contributed by atoms with Crippen molar-refractivity contribution in [3.8, 4) is 11.5 Å². The Labute approximate surface area is 153 Å². The largest absolute Gasteiger partial charge is 0.550 e. The number of anilines is 1. The minimum absolute atomic E-state index is 0.258. The van der Waals surface area contributed by atoms with Crippen LogP contribution in [0.15, 0.2) is 48.5 Å². The van der Waals surface area contributed by atoms with Crippen molar-refractivity contribution in [1.29, 1.82) is 0 Å². The summed E-state index contributed by atoms with van der Waals surface area (Å²) in [5.74, 6) is -1.22. The Hall–Kier alpha value is -2.82. The van der Waals surface area contributed by atoms with E-state index in [4.69, 9.17) is 4.74 Å². The number of hydrogen-bond donors (Lipinski definition) is 1. The lowest BCUT2D eigenvalue weighted by Gasteiger charge is -2.31. The topological polar surface area (TPSA) is 78.5 Å². The number of carbonyl (C=O) groups excluding carboxylic acids is 2. The summed E-state index contributed by atoms with van der Waals surface area (Å²) in [5, 5.41) is 14.1. The quantitative estimate of drug-likeness (QED) is 0.896. The van der Waals surface area contributed by atoms with E-state index in [0.29, 0.717) is 24.3 Å². The molecule has 1 aliphatic rings. The third-order valence-corrected chi connectivity index (χ3v) is 4.78. The minimum Gasteiger partial charge on any atom is -0.550 e. The fraction of sp³-hybridized carbons (Fsp3) is 0.333. The molecule has 3 rings (SSSR count). The van der Waals surface area contributed by atoms with Crippen LogP contribution in [0.4, 0.5) is 5.69 Å². The average molecular weight is 352 g/mol. The monoisotopic (exact) mass is 352 g/mol. The van der Waals surface area contributed by atoms with Crippen LogP contribution >= 0.6 is 0 Å². The smallest absolute Gasteiger partial charge is 0.228 e. The van der Waals surface area contributed by atoms with Crippen LogP contribution in [-0.4, -0.2) is 11.9 Å². The van der Waals surface area contributed by atoms with Gasteiger partial charge in [0.15, 0.2) is 0 Å². The first kappa shape index (κ1) is 18.0. The van der Waals surface area contributed by atoms with Crippen LogP contribution in [0, 0.1) is 18.8 Å². The lowest BCUT2D eigenvalue weighted by molar-refractivity contribution is -0.313. The fourth-order valence-corrected chi connectivity index (χ4v) is 3.31. The Morgan fingerprint density at radius 2 is 1.46 bits per heavy atom. The first-order chi connectivity index (χ1) is 12.5. The predicted molar refractivity (Wildman–Crippen MR) is 96.8 cm³/mol. The molecular weight excluding hydrogens is 330 g/mol. The maximum atomic E-state index is 12.5. The maximum absolute atomic E-state index is 12.5. The lowest BCUT2D eigenvalue weighted by Crippen LogP contribution is -2.42. The van der Waals surface area contributed by atoms with Crippen LogP contribution in [0.1, 0.15) is 31.2 Å². The highest BCUT2D eigenvalue weighted by Gasteiger charge is 2.31. The van der Waals surface area contributed by atoms with E-state index in [1.165, 1.54) is 0 Å². The maximum Gasteiger partial charge on any atom is 0.228 e. The van der Waals surface area contributed by atoms with E-state index in [0.717, 1.165) is 24.2 Å². The molecule has 0 aliphatic heterocycles. The van der Waals surface area contributed by atoms with Crippen molar-refractivity contribution in [2.45, 2.75) is 32.6 Å². The predicted octanol–water partition coefficient (Wildman–Crippen LogP) is 3.28. The van der Waals surface area contributed by atoms with Crippen LogP contribution in [0.25, 0.3) is 0 Å². The van der Waals surface area contributed by atoms with Crippen molar-refractivity contribution >= 4 is 17.6 Å². The van der Waals surface area contributed by atoms with E-state index in [-0.39, 0.29) is 5.91 Å². The number of hydrogen-bond acceptors (Lipinski definition) is 4. The molecule has 1 amide bonds. The van der Waals surface area contributed by atoms with Gasteiger partial charge in [-0.25, -0.2) is 0 Å². The molecule has 0 unspecified atom stereocenters. The van der Waals surface area contributed by atoms with E-state index in [9.17, 15) is 14.7 Å². The second kappa shape index (κ2) is 8.04. The third-order valence-electron chi connectivity index (χ3n) is 4.78. The zero-order valence-electron chi connectivity index (χ0n) is 14.7. The first-order valence-corrected chi connectivity index (χ1v) is 8.89. The highest BCUT2D eigenvalue weighted by Crippen LogP contribution is 2.31. The van der Waals surface area contributed by atoms with Crippen LogP contribution in [-0.2, 0) is 9.59 Å². The zero-order chi connectivity index (χ0) is 18.5. The summed E-state index contributed by atoms with van der Waals surface area (Å²) in [5.41, 5.74) is 1.78. The van der Waals surface area contributed by atoms with Crippen molar-refractivity contribution in [1.82, 2.24) is 0 Å². The number of benzene rings is 2. The molecule has 0 radical (unpaired) electrons. The molecule has 1 aliphatic carbocycles. The SMILES string of the molecule is Cc1ccc(Oc2ccc(NC(=O)[C@H]3CCCC[C@H]3C(=O)[O-])cc2)cc1. The van der Waals surface area contributed by atoms with Gasteiger partial charge in [-0.1, -0.05) is 30.5 Å². The molecule has 5 nitrogen and oxygen atoms in total. The fourth-order valence-electron chi connectivity index (χ4n) is 3.31. The van der Waals surface area contributed by atoms with E-state index in [1.807, 2.05) is 31.2 Å². The third kappa shape index (κ3) is 4.42. The Morgan fingerprint density at radius 1 is 0.923 bits per heavy atom. The van der Waals surface area contributed by atoms with Crippen molar-refractivity contribution in [3.63, 3.8) is 0 Å². The highest BCUT2D eigenvalue weighted by atomic mass is 16.5. The van der Waals surface area contributed by atoms with Gasteiger partial charge in [0.05, 0.1) is 0 Å². The molecule has 2 aromatic carbocycles. The summed E-state index contributed by atoms with van der Waals surface area (Å²) >= 11 is 0. The minimum atomic E-state index is -1.13. The van der Waals surface area contributed by atoms with Crippen LogP contribution in [0.2, 0.25) is 0 Å². The van der Waals surface area contributed by atoms with Gasteiger partial charge < -0.3 is 20.0 Å². The highest BCUT2D eigenvalue weighted by molar-refractivity contribution is 5.95. The van der Waals surface area contributed by atoms with E-state index < -0.39 is 17.8 Å². The number of carboxylic acid groups (broad SMARTS) is 1. The molecule has 2 atom stereocenters. The normalized spacial score (nSPS) is 19.6. The first-order valence-electron chi connectivity index (χ1n) is 8.89. The number of aryl methyl sites for hydroxylation is 1. The molecular formula is C21H22NO4-. The van der Waals surface area contributed by atoms with Gasteiger partial charge in [0.25, 0.3) is 0 Å². The number of carboxylic acids is 1. The zero-order valence-corrected chi connectivity index (χ0v) is 14.7. The molecule has 1 N–H and O–H groups in total. The molecule has 0 aromatic heterocycles. The molecule has 26 heavy (non-hydrogen) atoms. The van der Waals surface area contributed by atoms with Gasteiger partial charge in [-0.3, -0.25) is 4.79 Å².